The van der Waals surface area contributed by atoms with Crippen LogP contribution in [0.5, 0.6) is 0 Å². The predicted molar refractivity (Wildman–Crippen MR) is 44.1 cm³/mol. The molecule has 2 heterocycles. The first-order valence-electron chi connectivity index (χ1n) is 3.50. The number of pyridine rings is 1. The van der Waals surface area contributed by atoms with E-state index < -0.39 is 0 Å². The maximum absolute atomic E-state index is 5.36. The molecular formula is C8H7N3O. The average molecular weight is 161 g/mol. The number of hydrogen-bond acceptors (Lipinski definition) is 4. The molecular weight excluding hydrogens is 154 g/mol. The zero-order valence-corrected chi connectivity index (χ0v) is 6.27. The highest BCUT2D eigenvalue weighted by Gasteiger charge is 2.03. The molecule has 0 spiro atoms. The molecule has 0 atom stereocenters. The van der Waals surface area contributed by atoms with E-state index in [1.807, 2.05) is 18.2 Å². The van der Waals surface area contributed by atoms with Gasteiger partial charge in [0, 0.05) is 12.3 Å². The minimum Gasteiger partial charge on any atom is -0.368 e. The Morgan fingerprint density at radius 3 is 2.75 bits per heavy atom. The van der Waals surface area contributed by atoms with Crippen LogP contribution in [0.1, 0.15) is 0 Å². The molecule has 4 heteroatoms. The summed E-state index contributed by atoms with van der Waals surface area (Å²) in [5.41, 5.74) is 6.78. The summed E-state index contributed by atoms with van der Waals surface area (Å²) in [6, 6.07) is 7.21. The Bertz CT molecular complexity index is 369. The second kappa shape index (κ2) is 2.65. The molecule has 2 rings (SSSR count). The summed E-state index contributed by atoms with van der Waals surface area (Å²) in [5, 5.41) is 3.72. The second-order valence-electron chi connectivity index (χ2n) is 2.33. The lowest BCUT2D eigenvalue weighted by Gasteiger charge is -1.89. The quantitative estimate of drug-likeness (QED) is 0.685. The van der Waals surface area contributed by atoms with Crippen LogP contribution in [-0.4, -0.2) is 10.1 Å². The van der Waals surface area contributed by atoms with Crippen molar-refractivity contribution in [2.75, 3.05) is 5.73 Å². The van der Waals surface area contributed by atoms with Crippen molar-refractivity contribution < 1.29 is 4.52 Å². The molecule has 0 radical (unpaired) electrons. The molecule has 0 saturated carbocycles. The number of anilines is 1. The van der Waals surface area contributed by atoms with Gasteiger partial charge < -0.3 is 10.3 Å². The van der Waals surface area contributed by atoms with Crippen molar-refractivity contribution in [3.63, 3.8) is 0 Å². The van der Waals surface area contributed by atoms with Gasteiger partial charge in [-0.1, -0.05) is 11.2 Å². The first-order chi connectivity index (χ1) is 5.86. The Labute approximate surface area is 69.0 Å². The number of nitrogen functional groups attached to an aromatic ring is 1. The van der Waals surface area contributed by atoms with E-state index in [9.17, 15) is 0 Å². The maximum Gasteiger partial charge on any atom is 0.222 e. The molecule has 0 unspecified atom stereocenters. The molecule has 0 fully saturated rings. The highest BCUT2D eigenvalue weighted by atomic mass is 16.5. The molecule has 0 amide bonds. The lowest BCUT2D eigenvalue weighted by molar-refractivity contribution is 0.439. The van der Waals surface area contributed by atoms with E-state index >= 15 is 0 Å². The van der Waals surface area contributed by atoms with Gasteiger partial charge in [-0.3, -0.25) is 4.98 Å². The van der Waals surface area contributed by atoms with E-state index in [-0.39, 0.29) is 0 Å². The smallest absolute Gasteiger partial charge is 0.222 e. The van der Waals surface area contributed by atoms with Crippen molar-refractivity contribution in [3.8, 4) is 11.4 Å². The Morgan fingerprint density at radius 1 is 1.25 bits per heavy atom. The van der Waals surface area contributed by atoms with E-state index in [0.29, 0.717) is 11.6 Å². The summed E-state index contributed by atoms with van der Waals surface area (Å²) >= 11 is 0. The molecule has 0 aliphatic carbocycles. The molecule has 0 aliphatic rings. The van der Waals surface area contributed by atoms with Crippen LogP contribution in [0.4, 0.5) is 5.88 Å². The van der Waals surface area contributed by atoms with Gasteiger partial charge in [-0.2, -0.15) is 0 Å². The number of aromatic nitrogens is 2. The molecule has 0 aliphatic heterocycles. The fraction of sp³-hybridized carbons (Fsp3) is 0. The van der Waals surface area contributed by atoms with Crippen LogP contribution in [0.3, 0.4) is 0 Å². The predicted octanol–water partition coefficient (Wildman–Crippen LogP) is 1.32. The SMILES string of the molecule is Nc1cc(-c2ccccn2)no1. The number of hydrogen-bond donors (Lipinski definition) is 1. The van der Waals surface area contributed by atoms with Crippen LogP contribution in [0.2, 0.25) is 0 Å². The summed E-state index contributed by atoms with van der Waals surface area (Å²) in [5.74, 6) is 0.302. The summed E-state index contributed by atoms with van der Waals surface area (Å²) < 4.78 is 4.71. The third kappa shape index (κ3) is 1.14. The maximum atomic E-state index is 5.36. The van der Waals surface area contributed by atoms with Gasteiger partial charge in [-0.05, 0) is 12.1 Å². The highest BCUT2D eigenvalue weighted by molar-refractivity contribution is 5.55. The van der Waals surface area contributed by atoms with Gasteiger partial charge in [-0.15, -0.1) is 0 Å². The van der Waals surface area contributed by atoms with Gasteiger partial charge in [0.05, 0.1) is 5.69 Å². The topological polar surface area (TPSA) is 64.9 Å². The summed E-state index contributed by atoms with van der Waals surface area (Å²) in [6.45, 7) is 0. The minimum atomic E-state index is 0.302. The van der Waals surface area contributed by atoms with Crippen molar-refractivity contribution in [2.45, 2.75) is 0 Å². The normalized spacial score (nSPS) is 10.0. The van der Waals surface area contributed by atoms with E-state index in [0.717, 1.165) is 5.69 Å². The second-order valence-corrected chi connectivity index (χ2v) is 2.33. The van der Waals surface area contributed by atoms with Gasteiger partial charge in [0.1, 0.15) is 5.69 Å². The van der Waals surface area contributed by atoms with E-state index in [1.165, 1.54) is 0 Å². The van der Waals surface area contributed by atoms with Gasteiger partial charge in [0.15, 0.2) is 0 Å². The van der Waals surface area contributed by atoms with Gasteiger partial charge in [-0.25, -0.2) is 0 Å². The van der Waals surface area contributed by atoms with E-state index in [4.69, 9.17) is 10.3 Å². The molecule has 0 aromatic carbocycles. The molecule has 0 bridgehead atoms. The third-order valence-electron chi connectivity index (χ3n) is 1.46. The molecule has 2 N–H and O–H groups in total. The van der Waals surface area contributed by atoms with Crippen molar-refractivity contribution in [1.29, 1.82) is 0 Å². The van der Waals surface area contributed by atoms with Crippen LogP contribution >= 0.6 is 0 Å². The largest absolute Gasteiger partial charge is 0.368 e. The Hall–Kier alpha value is -1.84. The lowest BCUT2D eigenvalue weighted by Crippen LogP contribution is -1.80. The van der Waals surface area contributed by atoms with Crippen LogP contribution in [0.25, 0.3) is 11.4 Å². The fourth-order valence-corrected chi connectivity index (χ4v) is 0.924. The molecule has 2 aromatic heterocycles. The average Bonchev–Trinajstić information content (AvgIpc) is 2.54. The van der Waals surface area contributed by atoms with Gasteiger partial charge in [0.2, 0.25) is 5.88 Å². The van der Waals surface area contributed by atoms with E-state index in [1.54, 1.807) is 12.3 Å². The van der Waals surface area contributed by atoms with Crippen LogP contribution in [0.15, 0.2) is 35.0 Å². The Balaban J connectivity index is 2.45. The summed E-state index contributed by atoms with van der Waals surface area (Å²) in [4.78, 5) is 4.08. The standard InChI is InChI=1S/C8H7N3O/c9-8-5-7(11-12-8)6-3-1-2-4-10-6/h1-5H,9H2. The monoisotopic (exact) mass is 161 g/mol. The third-order valence-corrected chi connectivity index (χ3v) is 1.46. The lowest BCUT2D eigenvalue weighted by atomic mass is 10.3. The van der Waals surface area contributed by atoms with Gasteiger partial charge in [0.25, 0.3) is 0 Å². The van der Waals surface area contributed by atoms with E-state index in [2.05, 4.69) is 10.1 Å². The molecule has 4 nitrogen and oxygen atoms in total. The first kappa shape index (κ1) is 6.84. The van der Waals surface area contributed by atoms with Crippen molar-refractivity contribution >= 4 is 5.88 Å². The highest BCUT2D eigenvalue weighted by Crippen LogP contribution is 2.16. The number of rotatable bonds is 1. The van der Waals surface area contributed by atoms with Crippen LogP contribution in [-0.2, 0) is 0 Å². The van der Waals surface area contributed by atoms with Crippen molar-refractivity contribution in [2.24, 2.45) is 0 Å². The van der Waals surface area contributed by atoms with Crippen LogP contribution < -0.4 is 5.73 Å². The number of nitrogens with zero attached hydrogens (tertiary/aromatic N) is 2. The van der Waals surface area contributed by atoms with Crippen LogP contribution in [0, 0.1) is 0 Å². The minimum absolute atomic E-state index is 0.302. The number of nitrogens with two attached hydrogens (primary N) is 1. The summed E-state index contributed by atoms with van der Waals surface area (Å²) in [6.07, 6.45) is 1.69. The molecule has 60 valence electrons. The van der Waals surface area contributed by atoms with Crippen molar-refractivity contribution in [3.05, 3.63) is 30.5 Å². The van der Waals surface area contributed by atoms with Crippen molar-refractivity contribution in [1.82, 2.24) is 10.1 Å². The Morgan fingerprint density at radius 2 is 2.17 bits per heavy atom. The Kier molecular flexibility index (Phi) is 1.51. The molecule has 2 aromatic rings. The fourth-order valence-electron chi connectivity index (χ4n) is 0.924. The molecule has 12 heavy (non-hydrogen) atoms. The first-order valence-corrected chi connectivity index (χ1v) is 3.50. The van der Waals surface area contributed by atoms with Gasteiger partial charge >= 0.3 is 0 Å². The zero-order chi connectivity index (χ0) is 8.39. The molecule has 0 saturated heterocycles. The summed E-state index contributed by atoms with van der Waals surface area (Å²) in [7, 11) is 0. The zero-order valence-electron chi connectivity index (χ0n) is 6.27.